The Morgan fingerprint density at radius 2 is 1.87 bits per heavy atom. The summed E-state index contributed by atoms with van der Waals surface area (Å²) in [5.74, 6) is 1.04. The molecule has 1 aromatic carbocycles. The van der Waals surface area contributed by atoms with E-state index in [2.05, 4.69) is 10.3 Å². The van der Waals surface area contributed by atoms with Crippen LogP contribution in [0.1, 0.15) is 57.7 Å². The normalized spacial score (nSPS) is 20.8. The summed E-state index contributed by atoms with van der Waals surface area (Å²) in [6, 6.07) is 13.4. The zero-order chi connectivity index (χ0) is 27.1. The molecule has 0 saturated carbocycles. The minimum atomic E-state index is -0.609. The number of carbonyl (C=O) groups is 3. The summed E-state index contributed by atoms with van der Waals surface area (Å²) < 4.78 is 6.16. The van der Waals surface area contributed by atoms with Crippen LogP contribution in [0, 0.1) is 17.3 Å². The summed E-state index contributed by atoms with van der Waals surface area (Å²) in [6.45, 7) is 8.15. The third-order valence-corrected chi connectivity index (χ3v) is 7.45. The third-order valence-electron chi connectivity index (χ3n) is 7.45. The first kappa shape index (κ1) is 27.6. The van der Waals surface area contributed by atoms with E-state index < -0.39 is 5.41 Å². The Kier molecular flexibility index (Phi) is 9.02. The summed E-state index contributed by atoms with van der Waals surface area (Å²) in [4.78, 5) is 47.4. The van der Waals surface area contributed by atoms with E-state index in [0.717, 1.165) is 36.3 Å². The van der Waals surface area contributed by atoms with Crippen LogP contribution in [0.2, 0.25) is 0 Å². The van der Waals surface area contributed by atoms with Gasteiger partial charge >= 0.3 is 0 Å². The SMILES string of the molecule is CC(C)(C)C(=O)N1CC(=O)N2CC[C@@H](CC(=O)NCc3ccccn3)[C@@H](CCCOc3ccccc3C1)C2. The first-order valence-electron chi connectivity index (χ1n) is 13.6. The molecule has 2 aliphatic heterocycles. The zero-order valence-corrected chi connectivity index (χ0v) is 22.8. The lowest BCUT2D eigenvalue weighted by atomic mass is 9.80. The summed E-state index contributed by atoms with van der Waals surface area (Å²) in [6.07, 6.45) is 4.62. The van der Waals surface area contributed by atoms with Gasteiger partial charge < -0.3 is 19.9 Å². The van der Waals surface area contributed by atoms with Gasteiger partial charge in [0.2, 0.25) is 17.7 Å². The quantitative estimate of drug-likeness (QED) is 0.662. The van der Waals surface area contributed by atoms with E-state index in [1.54, 1.807) is 11.1 Å². The number of para-hydroxylation sites is 1. The highest BCUT2D eigenvalue weighted by Gasteiger charge is 2.35. The molecule has 2 aliphatic rings. The Hall–Kier alpha value is -3.42. The van der Waals surface area contributed by atoms with Crippen molar-refractivity contribution in [2.75, 3.05) is 26.2 Å². The van der Waals surface area contributed by atoms with Crippen LogP contribution in [0.4, 0.5) is 0 Å². The monoisotopic (exact) mass is 520 g/mol. The van der Waals surface area contributed by atoms with E-state index in [4.69, 9.17) is 4.74 Å². The molecule has 1 N–H and O–H groups in total. The fourth-order valence-electron chi connectivity index (χ4n) is 5.35. The molecule has 3 amide bonds. The number of fused-ring (bicyclic) bond motifs is 3. The highest BCUT2D eigenvalue weighted by molar-refractivity contribution is 5.87. The Morgan fingerprint density at radius 3 is 2.63 bits per heavy atom. The Labute approximate surface area is 225 Å². The molecule has 2 bridgehead atoms. The molecule has 4 rings (SSSR count). The van der Waals surface area contributed by atoms with Crippen molar-refractivity contribution < 1.29 is 19.1 Å². The van der Waals surface area contributed by atoms with Gasteiger partial charge in [0, 0.05) is 43.2 Å². The van der Waals surface area contributed by atoms with Crippen molar-refractivity contribution in [3.8, 4) is 5.75 Å². The average molecular weight is 521 g/mol. The van der Waals surface area contributed by atoms with Crippen LogP contribution in [-0.4, -0.2) is 58.7 Å². The van der Waals surface area contributed by atoms with Gasteiger partial charge in [0.05, 0.1) is 18.8 Å². The molecule has 1 aromatic heterocycles. The molecule has 8 heteroatoms. The standard InChI is InChI=1S/C30H40N4O4/c1-30(2,3)29(37)34-20-24-9-4-5-12-26(24)38-16-8-10-23-19-33(28(36)21-34)15-13-22(23)17-27(35)32-18-25-11-6-7-14-31-25/h4-7,9,11-12,14,22-23H,8,10,13,15-21H2,1-3H3,(H,32,35)/t22-,23-/m0/s1. The highest BCUT2D eigenvalue weighted by Crippen LogP contribution is 2.32. The molecule has 38 heavy (non-hydrogen) atoms. The number of rotatable bonds is 4. The van der Waals surface area contributed by atoms with Crippen molar-refractivity contribution in [2.45, 2.75) is 59.5 Å². The lowest BCUT2D eigenvalue weighted by Gasteiger charge is -2.39. The number of ether oxygens (including phenoxy) is 1. The largest absolute Gasteiger partial charge is 0.493 e. The molecule has 8 nitrogen and oxygen atoms in total. The number of hydrogen-bond donors (Lipinski definition) is 1. The van der Waals surface area contributed by atoms with E-state index >= 15 is 0 Å². The van der Waals surface area contributed by atoms with Crippen LogP contribution in [0.15, 0.2) is 48.7 Å². The van der Waals surface area contributed by atoms with E-state index in [-0.39, 0.29) is 36.1 Å². The Bertz CT molecular complexity index is 1110. The van der Waals surface area contributed by atoms with E-state index in [1.165, 1.54) is 0 Å². The molecule has 0 aliphatic carbocycles. The predicted octanol–water partition coefficient (Wildman–Crippen LogP) is 3.80. The van der Waals surface area contributed by atoms with Crippen molar-refractivity contribution in [1.82, 2.24) is 20.1 Å². The smallest absolute Gasteiger partial charge is 0.242 e. The number of benzene rings is 1. The minimum absolute atomic E-state index is 0.00970. The molecule has 204 valence electrons. The Morgan fingerprint density at radius 1 is 1.08 bits per heavy atom. The number of aromatic nitrogens is 1. The highest BCUT2D eigenvalue weighted by atomic mass is 16.5. The van der Waals surface area contributed by atoms with Gasteiger partial charge in [-0.2, -0.15) is 0 Å². The molecule has 3 heterocycles. The summed E-state index contributed by atoms with van der Waals surface area (Å²) in [5, 5.41) is 3.00. The van der Waals surface area contributed by atoms with Gasteiger partial charge in [-0.3, -0.25) is 19.4 Å². The van der Waals surface area contributed by atoms with Gasteiger partial charge in [0.25, 0.3) is 0 Å². The number of carbonyl (C=O) groups excluding carboxylic acids is 3. The summed E-state index contributed by atoms with van der Waals surface area (Å²) in [7, 11) is 0. The third kappa shape index (κ3) is 7.33. The molecule has 0 spiro atoms. The lowest BCUT2D eigenvalue weighted by Crippen LogP contribution is -2.50. The van der Waals surface area contributed by atoms with Crippen molar-refractivity contribution in [1.29, 1.82) is 0 Å². The van der Waals surface area contributed by atoms with E-state index in [9.17, 15) is 14.4 Å². The molecular formula is C30H40N4O4. The van der Waals surface area contributed by atoms with Crippen LogP contribution < -0.4 is 10.1 Å². The number of nitrogens with one attached hydrogen (secondary N) is 1. The van der Waals surface area contributed by atoms with Crippen molar-refractivity contribution in [3.63, 3.8) is 0 Å². The second kappa shape index (κ2) is 12.4. The lowest BCUT2D eigenvalue weighted by molar-refractivity contribution is -0.147. The number of hydrogen-bond acceptors (Lipinski definition) is 5. The first-order valence-corrected chi connectivity index (χ1v) is 13.6. The first-order chi connectivity index (χ1) is 18.2. The Balaban J connectivity index is 1.48. The number of nitrogens with zero attached hydrogens (tertiary/aromatic N) is 3. The van der Waals surface area contributed by atoms with Gasteiger partial charge in [0.1, 0.15) is 12.3 Å². The fraction of sp³-hybridized carbons (Fsp3) is 0.533. The van der Waals surface area contributed by atoms with Crippen LogP contribution in [0.5, 0.6) is 5.75 Å². The molecule has 0 unspecified atom stereocenters. The summed E-state index contributed by atoms with van der Waals surface area (Å²) in [5.41, 5.74) is 1.12. The van der Waals surface area contributed by atoms with Gasteiger partial charge in [-0.05, 0) is 49.3 Å². The summed E-state index contributed by atoms with van der Waals surface area (Å²) >= 11 is 0. The fourth-order valence-corrected chi connectivity index (χ4v) is 5.35. The maximum absolute atomic E-state index is 13.5. The van der Waals surface area contributed by atoms with Gasteiger partial charge in [-0.25, -0.2) is 0 Å². The number of amides is 3. The van der Waals surface area contributed by atoms with Crippen LogP contribution in [0.3, 0.4) is 0 Å². The van der Waals surface area contributed by atoms with Crippen LogP contribution in [0.25, 0.3) is 0 Å². The molecule has 2 atom stereocenters. The van der Waals surface area contributed by atoms with E-state index in [1.807, 2.05) is 68.1 Å². The number of pyridine rings is 1. The predicted molar refractivity (Wildman–Crippen MR) is 145 cm³/mol. The maximum atomic E-state index is 13.5. The molecule has 1 saturated heterocycles. The van der Waals surface area contributed by atoms with Crippen LogP contribution >= 0.6 is 0 Å². The molecule has 1 fully saturated rings. The van der Waals surface area contributed by atoms with Gasteiger partial charge in [-0.15, -0.1) is 0 Å². The second-order valence-corrected chi connectivity index (χ2v) is 11.5. The molecule has 0 radical (unpaired) electrons. The van der Waals surface area contributed by atoms with Crippen LogP contribution in [-0.2, 0) is 27.5 Å². The average Bonchev–Trinajstić information content (AvgIpc) is 2.91. The number of piperidine rings is 1. The zero-order valence-electron chi connectivity index (χ0n) is 22.8. The van der Waals surface area contributed by atoms with Gasteiger partial charge in [-0.1, -0.05) is 45.0 Å². The molecular weight excluding hydrogens is 480 g/mol. The molecule has 2 aromatic rings. The van der Waals surface area contributed by atoms with Crippen molar-refractivity contribution in [2.24, 2.45) is 17.3 Å². The van der Waals surface area contributed by atoms with E-state index in [0.29, 0.717) is 39.2 Å². The van der Waals surface area contributed by atoms with Gasteiger partial charge in [0.15, 0.2) is 0 Å². The minimum Gasteiger partial charge on any atom is -0.493 e. The maximum Gasteiger partial charge on any atom is 0.242 e. The van der Waals surface area contributed by atoms with Crippen molar-refractivity contribution >= 4 is 17.7 Å². The van der Waals surface area contributed by atoms with Crippen molar-refractivity contribution in [3.05, 3.63) is 59.9 Å². The second-order valence-electron chi connectivity index (χ2n) is 11.5. The topological polar surface area (TPSA) is 91.8 Å².